The highest BCUT2D eigenvalue weighted by molar-refractivity contribution is 7.85. The standard InChI is InChI=1S/C10H13FO3S/c1-2-6-14-10-5-3-4-9(7-10)8-15(11,12)13/h3-5,7H,2,6,8H2,1H3. The maximum absolute atomic E-state index is 12.4. The third-order valence-corrected chi connectivity index (χ3v) is 2.39. The summed E-state index contributed by atoms with van der Waals surface area (Å²) < 4.78 is 38.5. The van der Waals surface area contributed by atoms with Gasteiger partial charge in [0.05, 0.1) is 6.61 Å². The van der Waals surface area contributed by atoms with Crippen LogP contribution in [0.4, 0.5) is 3.89 Å². The fourth-order valence-corrected chi connectivity index (χ4v) is 1.72. The Hall–Kier alpha value is -1.10. The molecule has 0 N–H and O–H groups in total. The molecule has 0 atom stereocenters. The van der Waals surface area contributed by atoms with E-state index in [-0.39, 0.29) is 0 Å². The Balaban J connectivity index is 2.74. The van der Waals surface area contributed by atoms with E-state index in [4.69, 9.17) is 4.74 Å². The van der Waals surface area contributed by atoms with Gasteiger partial charge in [0.1, 0.15) is 11.5 Å². The van der Waals surface area contributed by atoms with Gasteiger partial charge in [-0.1, -0.05) is 19.1 Å². The van der Waals surface area contributed by atoms with E-state index in [1.54, 1.807) is 18.2 Å². The molecule has 0 spiro atoms. The molecule has 15 heavy (non-hydrogen) atoms. The van der Waals surface area contributed by atoms with E-state index in [0.29, 0.717) is 17.9 Å². The predicted molar refractivity (Wildman–Crippen MR) is 56.0 cm³/mol. The average molecular weight is 232 g/mol. The summed E-state index contributed by atoms with van der Waals surface area (Å²) in [5.41, 5.74) is 0.395. The first-order valence-electron chi connectivity index (χ1n) is 4.65. The van der Waals surface area contributed by atoms with Gasteiger partial charge in [0.2, 0.25) is 0 Å². The van der Waals surface area contributed by atoms with E-state index in [9.17, 15) is 12.3 Å². The van der Waals surface area contributed by atoms with Crippen LogP contribution in [-0.4, -0.2) is 15.0 Å². The number of rotatable bonds is 5. The van der Waals surface area contributed by atoms with Crippen molar-refractivity contribution in [3.63, 3.8) is 0 Å². The van der Waals surface area contributed by atoms with Crippen LogP contribution in [0.5, 0.6) is 5.75 Å². The van der Waals surface area contributed by atoms with Gasteiger partial charge < -0.3 is 4.74 Å². The monoisotopic (exact) mass is 232 g/mol. The van der Waals surface area contributed by atoms with Crippen LogP contribution in [0.2, 0.25) is 0 Å². The maximum atomic E-state index is 12.4. The number of halogens is 1. The van der Waals surface area contributed by atoms with Crippen molar-refractivity contribution in [2.24, 2.45) is 0 Å². The van der Waals surface area contributed by atoms with Crippen molar-refractivity contribution in [1.29, 1.82) is 0 Å². The summed E-state index contributed by atoms with van der Waals surface area (Å²) in [6.45, 7) is 2.53. The van der Waals surface area contributed by atoms with E-state index in [2.05, 4.69) is 0 Å². The topological polar surface area (TPSA) is 43.4 Å². The summed E-state index contributed by atoms with van der Waals surface area (Å²) in [5.74, 6) is -0.0333. The fraction of sp³-hybridized carbons (Fsp3) is 0.400. The highest BCUT2D eigenvalue weighted by atomic mass is 32.3. The molecule has 0 fully saturated rings. The lowest BCUT2D eigenvalue weighted by Gasteiger charge is -2.05. The molecule has 0 saturated carbocycles. The number of benzene rings is 1. The van der Waals surface area contributed by atoms with E-state index in [1.807, 2.05) is 6.92 Å². The first-order valence-corrected chi connectivity index (χ1v) is 6.20. The second kappa shape index (κ2) is 5.11. The predicted octanol–water partition coefficient (Wildman–Crippen LogP) is 2.27. The molecule has 0 unspecified atom stereocenters. The van der Waals surface area contributed by atoms with Crippen LogP contribution in [-0.2, 0) is 16.0 Å². The van der Waals surface area contributed by atoms with E-state index in [1.165, 1.54) is 6.07 Å². The second-order valence-electron chi connectivity index (χ2n) is 3.18. The zero-order valence-electron chi connectivity index (χ0n) is 8.44. The molecule has 84 valence electrons. The summed E-state index contributed by atoms with van der Waals surface area (Å²) in [5, 5.41) is 0. The van der Waals surface area contributed by atoms with Gasteiger partial charge in [0.25, 0.3) is 0 Å². The summed E-state index contributed by atoms with van der Waals surface area (Å²) in [6.07, 6.45) is 0.867. The Morgan fingerprint density at radius 2 is 2.13 bits per heavy atom. The van der Waals surface area contributed by atoms with Gasteiger partial charge in [-0.2, -0.15) is 8.42 Å². The van der Waals surface area contributed by atoms with Crippen molar-refractivity contribution in [2.75, 3.05) is 6.61 Å². The lowest BCUT2D eigenvalue weighted by Crippen LogP contribution is -1.98. The zero-order chi connectivity index (χ0) is 11.3. The molecule has 0 aliphatic carbocycles. The average Bonchev–Trinajstić information content (AvgIpc) is 2.12. The highest BCUT2D eigenvalue weighted by Gasteiger charge is 2.09. The van der Waals surface area contributed by atoms with E-state index < -0.39 is 16.0 Å². The lowest BCUT2D eigenvalue weighted by molar-refractivity contribution is 0.317. The van der Waals surface area contributed by atoms with Crippen molar-refractivity contribution in [3.8, 4) is 5.75 Å². The van der Waals surface area contributed by atoms with Crippen LogP contribution >= 0.6 is 0 Å². The van der Waals surface area contributed by atoms with Crippen LogP contribution < -0.4 is 4.74 Å². The molecule has 0 aromatic heterocycles. The van der Waals surface area contributed by atoms with Crippen molar-refractivity contribution in [1.82, 2.24) is 0 Å². The summed E-state index contributed by atoms with van der Waals surface area (Å²) in [6, 6.07) is 6.44. The first-order chi connectivity index (χ1) is 7.01. The SMILES string of the molecule is CCCOc1cccc(CS(=O)(=O)F)c1. The Morgan fingerprint density at radius 3 is 2.73 bits per heavy atom. The van der Waals surface area contributed by atoms with Crippen LogP contribution in [0, 0.1) is 0 Å². The molecule has 1 aromatic rings. The quantitative estimate of drug-likeness (QED) is 0.731. The van der Waals surface area contributed by atoms with E-state index >= 15 is 0 Å². The minimum atomic E-state index is -4.47. The van der Waals surface area contributed by atoms with Crippen LogP contribution in [0.3, 0.4) is 0 Å². The van der Waals surface area contributed by atoms with Crippen LogP contribution in [0.1, 0.15) is 18.9 Å². The molecule has 1 rings (SSSR count). The third kappa shape index (κ3) is 4.78. The van der Waals surface area contributed by atoms with Gasteiger partial charge in [0.15, 0.2) is 0 Å². The van der Waals surface area contributed by atoms with Gasteiger partial charge in [-0.15, -0.1) is 3.89 Å². The minimum absolute atomic E-state index is 0.395. The molecular formula is C10H13FO3S. The molecule has 1 aromatic carbocycles. The van der Waals surface area contributed by atoms with Gasteiger partial charge in [-0.05, 0) is 24.1 Å². The van der Waals surface area contributed by atoms with Gasteiger partial charge in [-0.3, -0.25) is 0 Å². The molecular weight excluding hydrogens is 219 g/mol. The summed E-state index contributed by atoms with van der Waals surface area (Å²) in [7, 11) is -4.47. The van der Waals surface area contributed by atoms with Crippen molar-refractivity contribution >= 4 is 10.2 Å². The normalized spacial score (nSPS) is 11.3. The summed E-state index contributed by atoms with van der Waals surface area (Å²) >= 11 is 0. The van der Waals surface area contributed by atoms with Crippen molar-refractivity contribution in [2.45, 2.75) is 19.1 Å². The molecule has 0 radical (unpaired) electrons. The molecule has 0 aliphatic heterocycles. The van der Waals surface area contributed by atoms with Gasteiger partial charge in [0, 0.05) is 0 Å². The zero-order valence-corrected chi connectivity index (χ0v) is 9.26. The molecule has 3 nitrogen and oxygen atoms in total. The molecule has 0 saturated heterocycles. The largest absolute Gasteiger partial charge is 0.494 e. The van der Waals surface area contributed by atoms with Crippen LogP contribution in [0.15, 0.2) is 24.3 Å². The summed E-state index contributed by atoms with van der Waals surface area (Å²) in [4.78, 5) is 0. The third-order valence-electron chi connectivity index (χ3n) is 1.71. The Morgan fingerprint density at radius 1 is 1.40 bits per heavy atom. The van der Waals surface area contributed by atoms with Gasteiger partial charge >= 0.3 is 10.2 Å². The smallest absolute Gasteiger partial charge is 0.306 e. The van der Waals surface area contributed by atoms with E-state index in [0.717, 1.165) is 6.42 Å². The highest BCUT2D eigenvalue weighted by Crippen LogP contribution is 2.16. The molecule has 0 heterocycles. The molecule has 0 aliphatic rings. The molecule has 0 amide bonds. The number of hydrogen-bond donors (Lipinski definition) is 0. The van der Waals surface area contributed by atoms with Crippen LogP contribution in [0.25, 0.3) is 0 Å². The maximum Gasteiger partial charge on any atom is 0.306 e. The lowest BCUT2D eigenvalue weighted by atomic mass is 10.2. The van der Waals surface area contributed by atoms with Gasteiger partial charge in [-0.25, -0.2) is 0 Å². The molecule has 5 heteroatoms. The Bertz CT molecular complexity index is 414. The Labute approximate surface area is 89.1 Å². The fourth-order valence-electron chi connectivity index (χ4n) is 1.14. The first kappa shape index (κ1) is 12.0. The van der Waals surface area contributed by atoms with Crippen molar-refractivity contribution in [3.05, 3.63) is 29.8 Å². The number of ether oxygens (including phenoxy) is 1. The minimum Gasteiger partial charge on any atom is -0.494 e. The Kier molecular flexibility index (Phi) is 4.08. The second-order valence-corrected chi connectivity index (χ2v) is 4.55. The van der Waals surface area contributed by atoms with Crippen molar-refractivity contribution < 1.29 is 17.0 Å². The number of hydrogen-bond acceptors (Lipinski definition) is 3. The molecule has 0 bridgehead atoms.